The molecule has 0 aromatic carbocycles. The molecule has 0 atom stereocenters. The second-order valence-electron chi connectivity index (χ2n) is 2.73. The van der Waals surface area contributed by atoms with Crippen LogP contribution in [0, 0.1) is 11.5 Å². The summed E-state index contributed by atoms with van der Waals surface area (Å²) in [6, 6.07) is 0. The molecule has 0 radical (unpaired) electrons. The number of hydrogen-bond donors (Lipinski definition) is 2. The molecule has 0 rings (SSSR count). The monoisotopic (exact) mass is 228 g/mol. The predicted molar refractivity (Wildman–Crippen MR) is 62.5 cm³/mol. The zero-order valence-electron chi connectivity index (χ0n) is 9.04. The van der Waals surface area contributed by atoms with Crippen molar-refractivity contribution in [3.8, 4) is 6.19 Å². The van der Waals surface area contributed by atoms with Crippen LogP contribution in [0.5, 0.6) is 0 Å². The lowest BCUT2D eigenvalue weighted by molar-refractivity contribution is -0.120. The lowest BCUT2D eigenvalue weighted by atomic mass is 10.4. The van der Waals surface area contributed by atoms with Crippen LogP contribution in [0.1, 0.15) is 19.8 Å². The van der Waals surface area contributed by atoms with Gasteiger partial charge in [-0.05, 0) is 12.7 Å². The molecule has 0 saturated heterocycles. The van der Waals surface area contributed by atoms with Crippen LogP contribution < -0.4 is 10.6 Å². The quantitative estimate of drug-likeness (QED) is 0.314. The van der Waals surface area contributed by atoms with Crippen LogP contribution in [-0.4, -0.2) is 30.4 Å². The SMILES string of the molecule is CCCNC(=O)CCN=C(NC#N)SC. The third-order valence-corrected chi connectivity index (χ3v) is 2.14. The van der Waals surface area contributed by atoms with Crippen LogP contribution in [0.15, 0.2) is 4.99 Å². The predicted octanol–water partition coefficient (Wildman–Crippen LogP) is 0.692. The highest BCUT2D eigenvalue weighted by molar-refractivity contribution is 8.13. The molecule has 0 aliphatic carbocycles. The molecule has 84 valence electrons. The normalized spacial score (nSPS) is 10.6. The van der Waals surface area contributed by atoms with Crippen molar-refractivity contribution in [2.24, 2.45) is 4.99 Å². The van der Waals surface area contributed by atoms with Crippen molar-refractivity contribution in [1.29, 1.82) is 5.26 Å². The summed E-state index contributed by atoms with van der Waals surface area (Å²) in [7, 11) is 0. The van der Waals surface area contributed by atoms with Crippen LogP contribution >= 0.6 is 11.8 Å². The topological polar surface area (TPSA) is 77.3 Å². The first-order valence-electron chi connectivity index (χ1n) is 4.74. The van der Waals surface area contributed by atoms with Crippen LogP contribution in [0.2, 0.25) is 0 Å². The van der Waals surface area contributed by atoms with E-state index in [1.807, 2.05) is 13.2 Å². The third kappa shape index (κ3) is 7.82. The molecule has 0 unspecified atom stereocenters. The summed E-state index contributed by atoms with van der Waals surface area (Å²) >= 11 is 1.35. The molecule has 1 amide bonds. The number of carbonyl (C=O) groups is 1. The second-order valence-corrected chi connectivity index (χ2v) is 3.52. The van der Waals surface area contributed by atoms with Crippen molar-refractivity contribution in [3.63, 3.8) is 0 Å². The number of amidine groups is 1. The van der Waals surface area contributed by atoms with Crippen molar-refractivity contribution in [3.05, 3.63) is 0 Å². The lowest BCUT2D eigenvalue weighted by Gasteiger charge is -2.02. The number of rotatable bonds is 5. The van der Waals surface area contributed by atoms with E-state index in [9.17, 15) is 4.79 Å². The Morgan fingerprint density at radius 3 is 2.87 bits per heavy atom. The fourth-order valence-corrected chi connectivity index (χ4v) is 1.18. The van der Waals surface area contributed by atoms with Gasteiger partial charge in [0.15, 0.2) is 11.4 Å². The minimum atomic E-state index is -0.00184. The highest BCUT2D eigenvalue weighted by Crippen LogP contribution is 1.95. The van der Waals surface area contributed by atoms with Gasteiger partial charge in [0.1, 0.15) is 0 Å². The maximum absolute atomic E-state index is 11.2. The van der Waals surface area contributed by atoms with E-state index in [1.54, 1.807) is 6.19 Å². The molecule has 0 aliphatic rings. The Morgan fingerprint density at radius 2 is 2.33 bits per heavy atom. The lowest BCUT2D eigenvalue weighted by Crippen LogP contribution is -2.24. The van der Waals surface area contributed by atoms with Crippen molar-refractivity contribution in [2.75, 3.05) is 19.3 Å². The van der Waals surface area contributed by atoms with Crippen molar-refractivity contribution >= 4 is 22.8 Å². The van der Waals surface area contributed by atoms with E-state index in [0.717, 1.165) is 6.42 Å². The van der Waals surface area contributed by atoms with E-state index >= 15 is 0 Å². The highest BCUT2D eigenvalue weighted by Gasteiger charge is 1.99. The Bertz CT molecular complexity index is 259. The Labute approximate surface area is 94.3 Å². The maximum atomic E-state index is 11.2. The van der Waals surface area contributed by atoms with Gasteiger partial charge in [-0.1, -0.05) is 18.7 Å². The van der Waals surface area contributed by atoms with E-state index in [-0.39, 0.29) is 5.91 Å². The molecule has 0 aliphatic heterocycles. The summed E-state index contributed by atoms with van der Waals surface area (Å²) in [5.74, 6) is -0.00184. The molecule has 0 aromatic heterocycles. The summed E-state index contributed by atoms with van der Waals surface area (Å²) in [5, 5.41) is 14.1. The molecule has 0 spiro atoms. The smallest absolute Gasteiger partial charge is 0.221 e. The molecule has 6 heteroatoms. The average molecular weight is 228 g/mol. The van der Waals surface area contributed by atoms with Crippen LogP contribution in [-0.2, 0) is 4.79 Å². The number of nitrogens with one attached hydrogen (secondary N) is 2. The molecule has 0 aromatic rings. The number of thioether (sulfide) groups is 1. The fourth-order valence-electron chi connectivity index (χ4n) is 0.815. The Morgan fingerprint density at radius 1 is 1.60 bits per heavy atom. The minimum Gasteiger partial charge on any atom is -0.356 e. The summed E-state index contributed by atoms with van der Waals surface area (Å²) < 4.78 is 0. The largest absolute Gasteiger partial charge is 0.356 e. The van der Waals surface area contributed by atoms with Crippen LogP contribution in [0.25, 0.3) is 0 Å². The highest BCUT2D eigenvalue weighted by atomic mass is 32.2. The van der Waals surface area contributed by atoms with Crippen molar-refractivity contribution < 1.29 is 4.79 Å². The first-order chi connectivity index (χ1) is 7.24. The molecule has 0 saturated carbocycles. The van der Waals surface area contributed by atoms with Gasteiger partial charge in [-0.15, -0.1) is 0 Å². The van der Waals surface area contributed by atoms with Gasteiger partial charge in [0.05, 0.1) is 6.54 Å². The number of nitrogens with zero attached hydrogens (tertiary/aromatic N) is 2. The Balaban J connectivity index is 3.75. The average Bonchev–Trinajstić information content (AvgIpc) is 2.25. The van der Waals surface area contributed by atoms with Crippen molar-refractivity contribution in [1.82, 2.24) is 10.6 Å². The standard InChI is InChI=1S/C9H16N4OS/c1-3-5-11-8(14)4-6-12-9(15-2)13-7-10/h3-6H2,1-2H3,(H,11,14)(H,12,13). The van der Waals surface area contributed by atoms with Gasteiger partial charge in [-0.3, -0.25) is 15.1 Å². The molecular weight excluding hydrogens is 212 g/mol. The van der Waals surface area contributed by atoms with Gasteiger partial charge >= 0.3 is 0 Å². The van der Waals surface area contributed by atoms with E-state index in [2.05, 4.69) is 15.6 Å². The first kappa shape index (κ1) is 13.8. The van der Waals surface area contributed by atoms with E-state index in [4.69, 9.17) is 5.26 Å². The van der Waals surface area contributed by atoms with Gasteiger partial charge < -0.3 is 5.32 Å². The molecule has 2 N–H and O–H groups in total. The van der Waals surface area contributed by atoms with Gasteiger partial charge in [0, 0.05) is 13.0 Å². The first-order valence-corrected chi connectivity index (χ1v) is 5.97. The zero-order valence-corrected chi connectivity index (χ0v) is 9.86. The maximum Gasteiger partial charge on any atom is 0.221 e. The van der Waals surface area contributed by atoms with Gasteiger partial charge in [-0.25, -0.2) is 0 Å². The number of nitriles is 1. The molecule has 0 bridgehead atoms. The number of hydrogen-bond acceptors (Lipinski definition) is 4. The molecular formula is C9H16N4OS. The number of amides is 1. The molecule has 5 nitrogen and oxygen atoms in total. The van der Waals surface area contributed by atoms with Gasteiger partial charge in [0.25, 0.3) is 0 Å². The molecule has 15 heavy (non-hydrogen) atoms. The Kier molecular flexibility index (Phi) is 8.58. The number of carbonyl (C=O) groups excluding carboxylic acids is 1. The van der Waals surface area contributed by atoms with E-state index in [1.165, 1.54) is 11.8 Å². The zero-order chi connectivity index (χ0) is 11.5. The minimum absolute atomic E-state index is 0.00184. The summed E-state index contributed by atoms with van der Waals surface area (Å²) in [6.45, 7) is 3.11. The van der Waals surface area contributed by atoms with Crippen molar-refractivity contribution in [2.45, 2.75) is 19.8 Å². The second kappa shape index (κ2) is 9.34. The van der Waals surface area contributed by atoms with Crippen LogP contribution in [0.3, 0.4) is 0 Å². The molecule has 0 heterocycles. The third-order valence-electron chi connectivity index (χ3n) is 1.52. The molecule has 0 fully saturated rings. The summed E-state index contributed by atoms with van der Waals surface area (Å²) in [4.78, 5) is 15.2. The van der Waals surface area contributed by atoms with E-state index in [0.29, 0.717) is 24.7 Å². The number of aliphatic imine (C=N–C) groups is 1. The summed E-state index contributed by atoms with van der Waals surface area (Å²) in [6.07, 6.45) is 4.90. The van der Waals surface area contributed by atoms with Gasteiger partial charge in [0.2, 0.25) is 5.91 Å². The van der Waals surface area contributed by atoms with Crippen LogP contribution in [0.4, 0.5) is 0 Å². The van der Waals surface area contributed by atoms with E-state index < -0.39 is 0 Å². The Hall–Kier alpha value is -1.22. The fraction of sp³-hybridized carbons (Fsp3) is 0.667. The summed E-state index contributed by atoms with van der Waals surface area (Å²) in [5.41, 5.74) is 0. The van der Waals surface area contributed by atoms with Gasteiger partial charge in [-0.2, -0.15) is 5.26 Å².